The molecule has 1 saturated carbocycles. The zero-order chi connectivity index (χ0) is 13.5. The summed E-state index contributed by atoms with van der Waals surface area (Å²) in [5.41, 5.74) is -0.0495. The van der Waals surface area contributed by atoms with Crippen molar-refractivity contribution in [3.63, 3.8) is 0 Å². The molecule has 1 aliphatic carbocycles. The first kappa shape index (κ1) is 11.8. The Kier molecular flexibility index (Phi) is 2.56. The summed E-state index contributed by atoms with van der Waals surface area (Å²) in [5.74, 6) is 0.546. The summed E-state index contributed by atoms with van der Waals surface area (Å²) in [5, 5.41) is 20.5. The maximum absolute atomic E-state index is 11.1. The predicted molar refractivity (Wildman–Crippen MR) is 65.2 cm³/mol. The molecular formula is C13H12N2O4. The number of hydrogen-bond donors (Lipinski definition) is 0. The second kappa shape index (κ2) is 4.12. The van der Waals surface area contributed by atoms with Crippen molar-refractivity contribution in [3.05, 3.63) is 27.8 Å². The number of nitriles is 1. The van der Waals surface area contributed by atoms with E-state index in [0.29, 0.717) is 24.5 Å². The summed E-state index contributed by atoms with van der Waals surface area (Å²) in [4.78, 5) is 10.6. The highest BCUT2D eigenvalue weighted by Crippen LogP contribution is 2.48. The first-order valence-electron chi connectivity index (χ1n) is 6.16. The van der Waals surface area contributed by atoms with E-state index in [-0.39, 0.29) is 11.4 Å². The molecule has 0 amide bonds. The largest absolute Gasteiger partial charge is 0.486 e. The van der Waals surface area contributed by atoms with Crippen molar-refractivity contribution in [1.29, 1.82) is 5.26 Å². The van der Waals surface area contributed by atoms with Gasteiger partial charge in [-0.05, 0) is 30.9 Å². The average Bonchev–Trinajstić information content (AvgIpc) is 2.37. The van der Waals surface area contributed by atoms with Crippen LogP contribution in [0.5, 0.6) is 11.5 Å². The molecular weight excluding hydrogens is 248 g/mol. The lowest BCUT2D eigenvalue weighted by Crippen LogP contribution is -2.32. The quantitative estimate of drug-likeness (QED) is 0.601. The molecule has 1 aromatic carbocycles. The number of nitro groups is 1. The molecule has 98 valence electrons. The first-order chi connectivity index (χ1) is 9.16. The van der Waals surface area contributed by atoms with Crippen LogP contribution in [0.4, 0.5) is 5.69 Å². The Morgan fingerprint density at radius 2 is 2.05 bits per heavy atom. The summed E-state index contributed by atoms with van der Waals surface area (Å²) in [6.07, 6.45) is 2.44. The van der Waals surface area contributed by atoms with Crippen molar-refractivity contribution in [2.45, 2.75) is 24.7 Å². The second-order valence-corrected chi connectivity index (χ2v) is 4.82. The molecule has 1 heterocycles. The van der Waals surface area contributed by atoms with E-state index in [1.165, 1.54) is 6.07 Å². The van der Waals surface area contributed by atoms with Gasteiger partial charge in [-0.3, -0.25) is 10.1 Å². The van der Waals surface area contributed by atoms with Crippen LogP contribution < -0.4 is 9.47 Å². The van der Waals surface area contributed by atoms with Crippen molar-refractivity contribution in [2.75, 3.05) is 13.2 Å². The van der Waals surface area contributed by atoms with Crippen LogP contribution in [0.2, 0.25) is 0 Å². The minimum absolute atomic E-state index is 0.117. The molecule has 2 aliphatic rings. The van der Waals surface area contributed by atoms with E-state index in [1.54, 1.807) is 6.07 Å². The number of nitro benzene ring substituents is 1. The molecule has 3 rings (SSSR count). The standard InChI is InChI=1S/C13H12N2O4/c14-8-13(2-1-3-13)9-6-10(15(16)17)12-11(7-9)18-4-5-19-12/h6-7H,1-5H2. The van der Waals surface area contributed by atoms with Gasteiger partial charge in [-0.1, -0.05) is 0 Å². The van der Waals surface area contributed by atoms with Crippen LogP contribution in [0.25, 0.3) is 0 Å². The number of nitrogens with zero attached hydrogens (tertiary/aromatic N) is 2. The number of rotatable bonds is 2. The smallest absolute Gasteiger partial charge is 0.315 e. The Balaban J connectivity index is 2.15. The zero-order valence-electron chi connectivity index (χ0n) is 10.2. The highest BCUT2D eigenvalue weighted by Gasteiger charge is 2.41. The molecule has 0 N–H and O–H groups in total. The minimum atomic E-state index is -0.597. The fourth-order valence-corrected chi connectivity index (χ4v) is 2.54. The lowest BCUT2D eigenvalue weighted by molar-refractivity contribution is -0.386. The molecule has 1 aromatic rings. The van der Waals surface area contributed by atoms with E-state index in [9.17, 15) is 15.4 Å². The number of benzene rings is 1. The van der Waals surface area contributed by atoms with Gasteiger partial charge >= 0.3 is 5.69 Å². The number of ether oxygens (including phenoxy) is 2. The Morgan fingerprint density at radius 3 is 2.63 bits per heavy atom. The fraction of sp³-hybridized carbons (Fsp3) is 0.462. The maximum Gasteiger partial charge on any atom is 0.315 e. The number of hydrogen-bond acceptors (Lipinski definition) is 5. The molecule has 1 fully saturated rings. The Labute approximate surface area is 109 Å². The van der Waals surface area contributed by atoms with Gasteiger partial charge < -0.3 is 9.47 Å². The van der Waals surface area contributed by atoms with Gasteiger partial charge in [0.05, 0.1) is 16.4 Å². The van der Waals surface area contributed by atoms with Crippen molar-refractivity contribution >= 4 is 5.69 Å². The summed E-state index contributed by atoms with van der Waals surface area (Å²) in [6.45, 7) is 0.670. The predicted octanol–water partition coefficient (Wildman–Crippen LogP) is 2.31. The summed E-state index contributed by atoms with van der Waals surface area (Å²) in [6, 6.07) is 5.45. The summed E-state index contributed by atoms with van der Waals surface area (Å²) in [7, 11) is 0. The van der Waals surface area contributed by atoms with Gasteiger partial charge in [-0.15, -0.1) is 0 Å². The molecule has 0 bridgehead atoms. The Hall–Kier alpha value is -2.29. The molecule has 0 atom stereocenters. The van der Waals surface area contributed by atoms with E-state index in [1.807, 2.05) is 0 Å². The van der Waals surface area contributed by atoms with Crippen molar-refractivity contribution in [3.8, 4) is 17.6 Å². The van der Waals surface area contributed by atoms with Gasteiger partial charge in [0, 0.05) is 6.07 Å². The van der Waals surface area contributed by atoms with Crippen LogP contribution in [-0.4, -0.2) is 18.1 Å². The number of fused-ring (bicyclic) bond motifs is 1. The molecule has 6 heteroatoms. The van der Waals surface area contributed by atoms with E-state index >= 15 is 0 Å². The van der Waals surface area contributed by atoms with E-state index < -0.39 is 10.3 Å². The topological polar surface area (TPSA) is 85.4 Å². The van der Waals surface area contributed by atoms with E-state index in [4.69, 9.17) is 9.47 Å². The molecule has 0 unspecified atom stereocenters. The van der Waals surface area contributed by atoms with Crippen LogP contribution in [0.15, 0.2) is 12.1 Å². The average molecular weight is 260 g/mol. The molecule has 0 spiro atoms. The van der Waals surface area contributed by atoms with Crippen LogP contribution in [0.3, 0.4) is 0 Å². The highest BCUT2D eigenvalue weighted by atomic mass is 16.6. The van der Waals surface area contributed by atoms with Crippen molar-refractivity contribution < 1.29 is 14.4 Å². The first-order valence-corrected chi connectivity index (χ1v) is 6.16. The van der Waals surface area contributed by atoms with Gasteiger partial charge in [0.1, 0.15) is 13.2 Å². The van der Waals surface area contributed by atoms with Crippen molar-refractivity contribution in [1.82, 2.24) is 0 Å². The van der Waals surface area contributed by atoms with Gasteiger partial charge in [-0.25, -0.2) is 0 Å². The van der Waals surface area contributed by atoms with Crippen LogP contribution >= 0.6 is 0 Å². The molecule has 0 radical (unpaired) electrons. The van der Waals surface area contributed by atoms with Gasteiger partial charge in [-0.2, -0.15) is 5.26 Å². The fourth-order valence-electron chi connectivity index (χ4n) is 2.54. The van der Waals surface area contributed by atoms with Gasteiger partial charge in [0.2, 0.25) is 5.75 Å². The molecule has 1 aliphatic heterocycles. The normalized spacial score (nSPS) is 19.1. The molecule has 0 saturated heterocycles. The van der Waals surface area contributed by atoms with Gasteiger partial charge in [0.25, 0.3) is 0 Å². The van der Waals surface area contributed by atoms with Crippen LogP contribution in [-0.2, 0) is 5.41 Å². The summed E-state index contributed by atoms with van der Waals surface area (Å²) < 4.78 is 10.7. The Bertz CT molecular complexity index is 587. The van der Waals surface area contributed by atoms with Crippen molar-refractivity contribution in [2.24, 2.45) is 0 Å². The maximum atomic E-state index is 11.1. The zero-order valence-corrected chi connectivity index (χ0v) is 10.2. The lowest BCUT2D eigenvalue weighted by atomic mass is 9.65. The molecule has 6 nitrogen and oxygen atoms in total. The van der Waals surface area contributed by atoms with Crippen LogP contribution in [0.1, 0.15) is 24.8 Å². The monoisotopic (exact) mass is 260 g/mol. The van der Waals surface area contributed by atoms with E-state index in [2.05, 4.69) is 6.07 Å². The SMILES string of the molecule is N#CC1(c2cc3c(c([N+](=O)[O-])c2)OCCO3)CCC1. The third kappa shape index (κ3) is 1.70. The lowest BCUT2D eigenvalue weighted by Gasteiger charge is -2.36. The van der Waals surface area contributed by atoms with Crippen LogP contribution in [0, 0.1) is 21.4 Å². The third-order valence-electron chi connectivity index (χ3n) is 3.79. The Morgan fingerprint density at radius 1 is 1.32 bits per heavy atom. The van der Waals surface area contributed by atoms with Gasteiger partial charge in [0.15, 0.2) is 5.75 Å². The molecule has 19 heavy (non-hydrogen) atoms. The second-order valence-electron chi connectivity index (χ2n) is 4.82. The van der Waals surface area contributed by atoms with E-state index in [0.717, 1.165) is 19.3 Å². The molecule has 0 aromatic heterocycles. The third-order valence-corrected chi connectivity index (χ3v) is 3.79. The highest BCUT2D eigenvalue weighted by molar-refractivity contribution is 5.61. The minimum Gasteiger partial charge on any atom is -0.486 e. The summed E-state index contributed by atoms with van der Waals surface area (Å²) >= 11 is 0.